The minimum atomic E-state index is -0.538. The molecule has 8 heteroatoms. The molecule has 0 bridgehead atoms. The van der Waals surface area contributed by atoms with E-state index >= 15 is 0 Å². The van der Waals surface area contributed by atoms with E-state index in [0.717, 1.165) is 26.4 Å². The number of carbonyl (C=O) groups is 2. The molecule has 0 saturated carbocycles. The van der Waals surface area contributed by atoms with Gasteiger partial charge in [-0.3, -0.25) is 4.79 Å². The molecule has 0 atom stereocenters. The average molecular weight is 515 g/mol. The maximum absolute atomic E-state index is 12.7. The number of benzene rings is 4. The summed E-state index contributed by atoms with van der Waals surface area (Å²) in [5, 5.41) is 7.02. The van der Waals surface area contributed by atoms with Crippen LogP contribution in [0.2, 0.25) is 5.02 Å². The van der Waals surface area contributed by atoms with Crippen molar-refractivity contribution < 1.29 is 19.1 Å². The molecule has 1 amide bonds. The molecule has 6 nitrogen and oxygen atoms in total. The van der Waals surface area contributed by atoms with Gasteiger partial charge in [0.05, 0.1) is 18.3 Å². The fourth-order valence-corrected chi connectivity index (χ4v) is 5.14. The lowest BCUT2D eigenvalue weighted by Crippen LogP contribution is -2.17. The molecule has 0 aliphatic carbocycles. The van der Waals surface area contributed by atoms with Gasteiger partial charge in [0, 0.05) is 15.6 Å². The first-order valence-corrected chi connectivity index (χ1v) is 12.1. The summed E-state index contributed by atoms with van der Waals surface area (Å²) in [6.07, 6.45) is 1.52. The number of nitrogens with zero attached hydrogens (tertiary/aromatic N) is 1. The third kappa shape index (κ3) is 4.79. The number of thiophene rings is 1. The molecule has 36 heavy (non-hydrogen) atoms. The van der Waals surface area contributed by atoms with Crippen LogP contribution in [0.25, 0.3) is 20.9 Å². The zero-order valence-corrected chi connectivity index (χ0v) is 20.6. The molecule has 0 radical (unpaired) electrons. The molecular formula is C28H19ClN2O4S. The van der Waals surface area contributed by atoms with Crippen molar-refractivity contribution in [3.05, 3.63) is 106 Å². The molecule has 5 aromatic rings. The molecule has 178 valence electrons. The van der Waals surface area contributed by atoms with Gasteiger partial charge < -0.3 is 9.47 Å². The van der Waals surface area contributed by atoms with Crippen LogP contribution in [0.5, 0.6) is 11.5 Å². The Morgan fingerprint density at radius 2 is 1.67 bits per heavy atom. The van der Waals surface area contributed by atoms with Crippen LogP contribution in [-0.4, -0.2) is 25.2 Å². The number of hydrogen-bond acceptors (Lipinski definition) is 6. The van der Waals surface area contributed by atoms with Gasteiger partial charge in [-0.15, -0.1) is 11.3 Å². The summed E-state index contributed by atoms with van der Waals surface area (Å²) in [4.78, 5) is 25.6. The smallest absolute Gasteiger partial charge is 0.355 e. The highest BCUT2D eigenvalue weighted by molar-refractivity contribution is 7.21. The lowest BCUT2D eigenvalue weighted by Gasteiger charge is -2.05. The van der Waals surface area contributed by atoms with Crippen LogP contribution in [0.15, 0.2) is 90.0 Å². The number of nitrogens with one attached hydrogen (secondary N) is 1. The number of hydrazone groups is 1. The number of halogens is 1. The van der Waals surface area contributed by atoms with Crippen molar-refractivity contribution >= 4 is 61.9 Å². The maximum atomic E-state index is 12.7. The normalized spacial score (nSPS) is 11.2. The molecule has 1 N–H and O–H groups in total. The SMILES string of the molecule is COc1ccc2c(Cl)c(C(=O)Oc3ccc(/C=N\NC(=O)c4cccc5ccccc45)cc3)sc2c1. The number of amides is 1. The number of methoxy groups -OCH3 is 1. The molecule has 0 fully saturated rings. The lowest BCUT2D eigenvalue weighted by atomic mass is 10.0. The first-order chi connectivity index (χ1) is 17.5. The number of fused-ring (bicyclic) bond motifs is 2. The second-order valence-electron chi connectivity index (χ2n) is 7.79. The van der Waals surface area contributed by atoms with Crippen LogP contribution in [0, 0.1) is 0 Å². The Hall–Kier alpha value is -4.20. The second-order valence-corrected chi connectivity index (χ2v) is 9.22. The van der Waals surface area contributed by atoms with Crippen molar-refractivity contribution in [2.45, 2.75) is 0 Å². The average Bonchev–Trinajstić information content (AvgIpc) is 3.24. The summed E-state index contributed by atoms with van der Waals surface area (Å²) in [7, 11) is 1.58. The van der Waals surface area contributed by atoms with Crippen molar-refractivity contribution in [1.29, 1.82) is 0 Å². The zero-order chi connectivity index (χ0) is 25.1. The fraction of sp³-hybridized carbons (Fsp3) is 0.0357. The van der Waals surface area contributed by atoms with Crippen LogP contribution >= 0.6 is 22.9 Å². The number of carbonyl (C=O) groups excluding carboxylic acids is 2. The molecule has 0 spiro atoms. The van der Waals surface area contributed by atoms with E-state index < -0.39 is 5.97 Å². The van der Waals surface area contributed by atoms with Crippen LogP contribution in [0.4, 0.5) is 0 Å². The van der Waals surface area contributed by atoms with E-state index in [1.165, 1.54) is 17.6 Å². The summed E-state index contributed by atoms with van der Waals surface area (Å²) in [5.74, 6) is 0.212. The lowest BCUT2D eigenvalue weighted by molar-refractivity contribution is 0.0739. The Morgan fingerprint density at radius 3 is 2.47 bits per heavy atom. The third-order valence-electron chi connectivity index (χ3n) is 5.53. The summed E-state index contributed by atoms with van der Waals surface area (Å²) >= 11 is 7.66. The number of ether oxygens (including phenoxy) is 2. The van der Waals surface area contributed by atoms with Gasteiger partial charge in [-0.2, -0.15) is 5.10 Å². The van der Waals surface area contributed by atoms with Crippen molar-refractivity contribution in [2.75, 3.05) is 7.11 Å². The predicted octanol–water partition coefficient (Wildman–Crippen LogP) is 6.70. The van der Waals surface area contributed by atoms with Gasteiger partial charge in [0.25, 0.3) is 5.91 Å². The highest BCUT2D eigenvalue weighted by Crippen LogP contribution is 2.37. The van der Waals surface area contributed by atoms with Gasteiger partial charge in [-0.05, 0) is 64.9 Å². The van der Waals surface area contributed by atoms with Gasteiger partial charge in [0.1, 0.15) is 16.4 Å². The molecule has 1 heterocycles. The number of hydrogen-bond donors (Lipinski definition) is 1. The summed E-state index contributed by atoms with van der Waals surface area (Å²) in [6, 6.07) is 25.4. The Morgan fingerprint density at radius 1 is 0.917 bits per heavy atom. The van der Waals surface area contributed by atoms with E-state index in [4.69, 9.17) is 21.1 Å². The molecular weight excluding hydrogens is 496 g/mol. The Balaban J connectivity index is 1.24. The third-order valence-corrected chi connectivity index (χ3v) is 7.16. The minimum Gasteiger partial charge on any atom is -0.497 e. The minimum absolute atomic E-state index is 0.300. The van der Waals surface area contributed by atoms with Crippen LogP contribution in [0.3, 0.4) is 0 Å². The van der Waals surface area contributed by atoms with Gasteiger partial charge in [-0.1, -0.05) is 48.0 Å². The largest absolute Gasteiger partial charge is 0.497 e. The van der Waals surface area contributed by atoms with Gasteiger partial charge >= 0.3 is 5.97 Å². The first-order valence-electron chi connectivity index (χ1n) is 10.9. The van der Waals surface area contributed by atoms with Crippen LogP contribution in [-0.2, 0) is 0 Å². The number of esters is 1. The number of rotatable bonds is 6. The molecule has 1 aromatic heterocycles. The maximum Gasteiger partial charge on any atom is 0.355 e. The molecule has 0 aliphatic heterocycles. The van der Waals surface area contributed by atoms with Gasteiger partial charge in [0.15, 0.2) is 0 Å². The highest BCUT2D eigenvalue weighted by atomic mass is 35.5. The van der Waals surface area contributed by atoms with E-state index in [1.54, 1.807) is 43.5 Å². The summed E-state index contributed by atoms with van der Waals surface area (Å²) in [5.41, 5.74) is 3.83. The predicted molar refractivity (Wildman–Crippen MR) is 144 cm³/mol. The zero-order valence-electron chi connectivity index (χ0n) is 19.0. The monoisotopic (exact) mass is 514 g/mol. The Kier molecular flexibility index (Phi) is 6.66. The molecule has 4 aromatic carbocycles. The van der Waals surface area contributed by atoms with Crippen LogP contribution < -0.4 is 14.9 Å². The van der Waals surface area contributed by atoms with E-state index in [9.17, 15) is 9.59 Å². The van der Waals surface area contributed by atoms with Crippen molar-refractivity contribution in [1.82, 2.24) is 5.43 Å². The van der Waals surface area contributed by atoms with E-state index in [2.05, 4.69) is 10.5 Å². The van der Waals surface area contributed by atoms with E-state index in [1.807, 2.05) is 48.5 Å². The fourth-order valence-electron chi connectivity index (χ4n) is 3.73. The molecule has 5 rings (SSSR count). The van der Waals surface area contributed by atoms with Crippen molar-refractivity contribution in [3.63, 3.8) is 0 Å². The van der Waals surface area contributed by atoms with Gasteiger partial charge in [0.2, 0.25) is 0 Å². The molecule has 0 unspecified atom stereocenters. The standard InChI is InChI=1S/C28H19ClN2O4S/c1-34-20-13-14-23-24(15-20)36-26(25(23)29)28(33)35-19-11-9-17(10-12-19)16-30-31-27(32)22-8-4-6-18-5-2-3-7-21(18)22/h2-16H,1H3,(H,31,32)/b30-16-. The van der Waals surface area contributed by atoms with E-state index in [-0.39, 0.29) is 5.91 Å². The second kappa shape index (κ2) is 10.2. The molecule has 0 saturated heterocycles. The summed E-state index contributed by atoms with van der Waals surface area (Å²) < 4.78 is 11.6. The first kappa shape index (κ1) is 23.5. The van der Waals surface area contributed by atoms with E-state index in [0.29, 0.717) is 27.0 Å². The van der Waals surface area contributed by atoms with Gasteiger partial charge in [-0.25, -0.2) is 10.2 Å². The van der Waals surface area contributed by atoms with Crippen molar-refractivity contribution in [2.24, 2.45) is 5.10 Å². The topological polar surface area (TPSA) is 77.0 Å². The Labute approximate surface area is 215 Å². The molecule has 0 aliphatic rings. The van der Waals surface area contributed by atoms with Crippen LogP contribution in [0.1, 0.15) is 25.6 Å². The highest BCUT2D eigenvalue weighted by Gasteiger charge is 2.19. The van der Waals surface area contributed by atoms with Crippen molar-refractivity contribution in [3.8, 4) is 11.5 Å². The Bertz CT molecular complexity index is 1620. The summed E-state index contributed by atoms with van der Waals surface area (Å²) in [6.45, 7) is 0. The quantitative estimate of drug-likeness (QED) is 0.118.